The summed E-state index contributed by atoms with van der Waals surface area (Å²) in [5.41, 5.74) is 0.857. The van der Waals surface area contributed by atoms with Gasteiger partial charge >= 0.3 is 0 Å². The first kappa shape index (κ1) is 13.9. The van der Waals surface area contributed by atoms with Crippen LogP contribution in [0.3, 0.4) is 0 Å². The highest BCUT2D eigenvalue weighted by Gasteiger charge is 2.31. The molecule has 0 spiro atoms. The summed E-state index contributed by atoms with van der Waals surface area (Å²) in [5, 5.41) is 2.85. The van der Waals surface area contributed by atoms with Gasteiger partial charge in [-0.15, -0.1) is 0 Å². The van der Waals surface area contributed by atoms with Gasteiger partial charge in [0.1, 0.15) is 5.82 Å². The van der Waals surface area contributed by atoms with Crippen LogP contribution in [0, 0.1) is 23.3 Å². The van der Waals surface area contributed by atoms with Gasteiger partial charge in [-0.1, -0.05) is 12.1 Å². The minimum atomic E-state index is -1.47. The second kappa shape index (κ2) is 5.39. The normalized spacial score (nSPS) is 21.0. The minimum absolute atomic E-state index is 0.0300. The fourth-order valence-electron chi connectivity index (χ4n) is 2.63. The number of anilines is 1. The molecule has 21 heavy (non-hydrogen) atoms. The Bertz CT molecular complexity index is 665. The van der Waals surface area contributed by atoms with Crippen molar-refractivity contribution in [1.29, 1.82) is 0 Å². The molecule has 0 aliphatic heterocycles. The van der Waals surface area contributed by atoms with Gasteiger partial charge in [0.05, 0.1) is 5.69 Å². The second-order valence-electron chi connectivity index (χ2n) is 5.29. The van der Waals surface area contributed by atoms with Gasteiger partial charge in [-0.3, -0.25) is 0 Å². The lowest BCUT2D eigenvalue weighted by atomic mass is 9.76. The predicted molar refractivity (Wildman–Crippen MR) is 72.1 cm³/mol. The Hall–Kier alpha value is -2.04. The Labute approximate surface area is 119 Å². The van der Waals surface area contributed by atoms with E-state index >= 15 is 0 Å². The molecule has 0 heterocycles. The minimum Gasteiger partial charge on any atom is -0.380 e. The largest absolute Gasteiger partial charge is 0.380 e. The van der Waals surface area contributed by atoms with E-state index in [0.717, 1.165) is 11.6 Å². The van der Waals surface area contributed by atoms with Gasteiger partial charge in [-0.2, -0.15) is 0 Å². The molecule has 5 heteroatoms. The van der Waals surface area contributed by atoms with E-state index < -0.39 is 17.5 Å². The maximum Gasteiger partial charge on any atom is 0.196 e. The molecule has 1 fully saturated rings. The molecule has 1 aliphatic rings. The molecule has 0 bridgehead atoms. The molecule has 110 valence electrons. The van der Waals surface area contributed by atoms with Gasteiger partial charge in [-0.25, -0.2) is 17.6 Å². The lowest BCUT2D eigenvalue weighted by Gasteiger charge is -2.37. The molecule has 3 rings (SSSR count). The van der Waals surface area contributed by atoms with Gasteiger partial charge in [-0.05, 0) is 48.6 Å². The Morgan fingerprint density at radius 2 is 1.67 bits per heavy atom. The summed E-state index contributed by atoms with van der Waals surface area (Å²) in [6, 6.07) is 8.42. The van der Waals surface area contributed by atoms with E-state index in [2.05, 4.69) is 5.32 Å². The molecular weight excluding hydrogens is 282 g/mol. The van der Waals surface area contributed by atoms with Crippen molar-refractivity contribution >= 4 is 5.69 Å². The zero-order chi connectivity index (χ0) is 15.0. The number of hydrogen-bond donors (Lipinski definition) is 1. The van der Waals surface area contributed by atoms with Crippen molar-refractivity contribution in [3.63, 3.8) is 0 Å². The van der Waals surface area contributed by atoms with Crippen molar-refractivity contribution in [2.75, 3.05) is 5.32 Å². The molecule has 1 aliphatic carbocycles. The van der Waals surface area contributed by atoms with Crippen molar-refractivity contribution in [3.05, 3.63) is 65.2 Å². The number of nitrogens with one attached hydrogen (secondary N) is 1. The maximum atomic E-state index is 13.5. The first-order valence-corrected chi connectivity index (χ1v) is 6.70. The first-order valence-electron chi connectivity index (χ1n) is 6.70. The Balaban J connectivity index is 1.64. The summed E-state index contributed by atoms with van der Waals surface area (Å²) in [5.74, 6) is -3.96. The highest BCUT2D eigenvalue weighted by molar-refractivity contribution is 5.47. The molecule has 0 atom stereocenters. The number of rotatable bonds is 3. The summed E-state index contributed by atoms with van der Waals surface area (Å²) in [4.78, 5) is 0. The lowest BCUT2D eigenvalue weighted by Crippen LogP contribution is -2.34. The van der Waals surface area contributed by atoms with Crippen LogP contribution in [0.5, 0.6) is 0 Å². The molecule has 2 aromatic rings. The van der Waals surface area contributed by atoms with Crippen LogP contribution in [0.15, 0.2) is 36.4 Å². The Morgan fingerprint density at radius 3 is 2.38 bits per heavy atom. The highest BCUT2D eigenvalue weighted by atomic mass is 19.2. The van der Waals surface area contributed by atoms with E-state index in [-0.39, 0.29) is 23.5 Å². The molecule has 0 radical (unpaired) electrons. The average molecular weight is 295 g/mol. The summed E-state index contributed by atoms with van der Waals surface area (Å²) in [6.07, 6.45) is 1.39. The van der Waals surface area contributed by atoms with E-state index in [9.17, 15) is 17.6 Å². The molecule has 0 aromatic heterocycles. The van der Waals surface area contributed by atoms with E-state index in [1.165, 1.54) is 18.2 Å². The molecule has 1 saturated carbocycles. The van der Waals surface area contributed by atoms with E-state index in [0.29, 0.717) is 12.8 Å². The van der Waals surface area contributed by atoms with Crippen LogP contribution in [0.1, 0.15) is 24.3 Å². The van der Waals surface area contributed by atoms with Crippen LogP contribution < -0.4 is 5.32 Å². The summed E-state index contributed by atoms with van der Waals surface area (Å²) in [7, 11) is 0. The summed E-state index contributed by atoms with van der Waals surface area (Å²) < 4.78 is 52.6. The first-order chi connectivity index (χ1) is 10.0. The predicted octanol–water partition coefficient (Wildman–Crippen LogP) is 4.60. The van der Waals surface area contributed by atoms with Crippen molar-refractivity contribution in [3.8, 4) is 0 Å². The molecule has 1 nitrogen and oxygen atoms in total. The summed E-state index contributed by atoms with van der Waals surface area (Å²) in [6.45, 7) is 0. The van der Waals surface area contributed by atoms with Gasteiger partial charge in [0.15, 0.2) is 17.5 Å². The molecule has 1 N–H and O–H groups in total. The smallest absolute Gasteiger partial charge is 0.196 e. The van der Waals surface area contributed by atoms with Crippen molar-refractivity contribution < 1.29 is 17.6 Å². The van der Waals surface area contributed by atoms with Crippen LogP contribution in [-0.2, 0) is 0 Å². The second-order valence-corrected chi connectivity index (χ2v) is 5.29. The molecule has 0 saturated heterocycles. The van der Waals surface area contributed by atoms with Gasteiger partial charge in [0.2, 0.25) is 0 Å². The Kier molecular flexibility index (Phi) is 3.57. The van der Waals surface area contributed by atoms with E-state index in [1.807, 2.05) is 6.07 Å². The van der Waals surface area contributed by atoms with Crippen LogP contribution >= 0.6 is 0 Å². The average Bonchev–Trinajstić information content (AvgIpc) is 2.42. The van der Waals surface area contributed by atoms with Crippen LogP contribution in [0.4, 0.5) is 23.2 Å². The molecular formula is C16H13F4N. The SMILES string of the molecule is Fc1cccc(C2CC(Nc3ccc(F)c(F)c3F)C2)c1. The van der Waals surface area contributed by atoms with Crippen molar-refractivity contribution in [1.82, 2.24) is 0 Å². The third-order valence-corrected chi connectivity index (χ3v) is 3.85. The van der Waals surface area contributed by atoms with E-state index in [4.69, 9.17) is 0 Å². The summed E-state index contributed by atoms with van der Waals surface area (Å²) >= 11 is 0. The van der Waals surface area contributed by atoms with Crippen LogP contribution in [0.2, 0.25) is 0 Å². The van der Waals surface area contributed by atoms with Crippen molar-refractivity contribution in [2.24, 2.45) is 0 Å². The quantitative estimate of drug-likeness (QED) is 0.644. The monoisotopic (exact) mass is 295 g/mol. The van der Waals surface area contributed by atoms with Gasteiger partial charge in [0, 0.05) is 6.04 Å². The van der Waals surface area contributed by atoms with Crippen LogP contribution in [-0.4, -0.2) is 6.04 Å². The zero-order valence-corrected chi connectivity index (χ0v) is 11.0. The van der Waals surface area contributed by atoms with Crippen LogP contribution in [0.25, 0.3) is 0 Å². The number of halogens is 4. The lowest BCUT2D eigenvalue weighted by molar-refractivity contribution is 0.370. The van der Waals surface area contributed by atoms with Gasteiger partial charge in [0.25, 0.3) is 0 Å². The highest BCUT2D eigenvalue weighted by Crippen LogP contribution is 2.39. The Morgan fingerprint density at radius 1 is 0.905 bits per heavy atom. The standard InChI is InChI=1S/C16H13F4N/c17-11-3-1-2-9(6-11)10-7-12(8-10)21-14-5-4-13(18)15(19)16(14)20/h1-6,10,12,21H,7-8H2. The number of benzene rings is 2. The topological polar surface area (TPSA) is 12.0 Å². The maximum absolute atomic E-state index is 13.5. The third-order valence-electron chi connectivity index (χ3n) is 3.85. The molecule has 0 unspecified atom stereocenters. The fourth-order valence-corrected chi connectivity index (χ4v) is 2.63. The fraction of sp³-hybridized carbons (Fsp3) is 0.250. The van der Waals surface area contributed by atoms with Crippen molar-refractivity contribution in [2.45, 2.75) is 24.8 Å². The van der Waals surface area contributed by atoms with E-state index in [1.54, 1.807) is 6.07 Å². The van der Waals surface area contributed by atoms with Gasteiger partial charge < -0.3 is 5.32 Å². The number of hydrogen-bond acceptors (Lipinski definition) is 1. The molecule has 0 amide bonds. The third kappa shape index (κ3) is 2.73. The zero-order valence-electron chi connectivity index (χ0n) is 11.0. The molecule has 2 aromatic carbocycles.